The van der Waals surface area contributed by atoms with Crippen LogP contribution in [0.2, 0.25) is 0 Å². The smallest absolute Gasteiger partial charge is 0.313 e. The molecule has 1 N–H and O–H groups in total. The normalized spacial score (nSPS) is 17.2. The molecular weight excluding hydrogens is 377 g/mol. The van der Waals surface area contributed by atoms with Gasteiger partial charge >= 0.3 is 11.8 Å². The number of hydrogen-bond acceptors (Lipinski definition) is 5. The Morgan fingerprint density at radius 3 is 2.31 bits per heavy atom. The first-order chi connectivity index (χ1) is 13.8. The summed E-state index contributed by atoms with van der Waals surface area (Å²) in [5.74, 6) is -1.21. The number of anilines is 2. The third-order valence-electron chi connectivity index (χ3n) is 4.87. The fourth-order valence-electron chi connectivity index (χ4n) is 3.45. The van der Waals surface area contributed by atoms with Crippen LogP contribution in [-0.2, 0) is 9.59 Å². The van der Waals surface area contributed by atoms with Gasteiger partial charge in [-0.3, -0.25) is 9.59 Å². The van der Waals surface area contributed by atoms with Crippen LogP contribution in [0.25, 0.3) is 0 Å². The predicted octanol–water partition coefficient (Wildman–Crippen LogP) is 2.62. The monoisotopic (exact) mass is 399 g/mol. The number of piperazine rings is 1. The maximum absolute atomic E-state index is 13.1. The molecule has 0 aliphatic carbocycles. The van der Waals surface area contributed by atoms with Gasteiger partial charge in [-0.05, 0) is 36.4 Å². The number of amides is 2. The van der Waals surface area contributed by atoms with E-state index in [2.05, 4.69) is 10.2 Å². The van der Waals surface area contributed by atoms with Crippen molar-refractivity contribution in [1.29, 1.82) is 0 Å². The summed E-state index contributed by atoms with van der Waals surface area (Å²) in [6.45, 7) is 5.56. The number of halogens is 1. The third kappa shape index (κ3) is 4.11. The molecule has 0 radical (unpaired) electrons. The van der Waals surface area contributed by atoms with E-state index in [-0.39, 0.29) is 5.82 Å². The quantitative estimate of drug-likeness (QED) is 0.786. The highest BCUT2D eigenvalue weighted by Crippen LogP contribution is 2.40. The number of nitrogens with zero attached hydrogens (tertiary/aromatic N) is 2. The molecule has 2 heterocycles. The highest BCUT2D eigenvalue weighted by Gasteiger charge is 2.32. The van der Waals surface area contributed by atoms with Crippen molar-refractivity contribution >= 4 is 23.2 Å². The number of carbonyl (C=O) groups excluding carboxylic acids is 2. The second kappa shape index (κ2) is 7.27. The van der Waals surface area contributed by atoms with E-state index >= 15 is 0 Å². The highest BCUT2D eigenvalue weighted by atomic mass is 19.1. The maximum Gasteiger partial charge on any atom is 0.313 e. The first-order valence-corrected chi connectivity index (χ1v) is 9.44. The summed E-state index contributed by atoms with van der Waals surface area (Å²) in [5, 5.41) is 2.62. The number of carbonyl (C=O) groups is 2. The van der Waals surface area contributed by atoms with Crippen LogP contribution in [-0.4, -0.2) is 48.7 Å². The molecular formula is C21H22FN3O4. The van der Waals surface area contributed by atoms with Crippen LogP contribution in [0.15, 0.2) is 42.5 Å². The van der Waals surface area contributed by atoms with Crippen LogP contribution in [0.1, 0.15) is 13.8 Å². The van der Waals surface area contributed by atoms with Crippen molar-refractivity contribution in [2.75, 3.05) is 36.4 Å². The zero-order valence-electron chi connectivity index (χ0n) is 16.3. The van der Waals surface area contributed by atoms with Crippen LogP contribution in [0.4, 0.5) is 15.8 Å². The summed E-state index contributed by atoms with van der Waals surface area (Å²) in [4.78, 5) is 28.5. The molecule has 0 saturated carbocycles. The van der Waals surface area contributed by atoms with Crippen LogP contribution in [0.3, 0.4) is 0 Å². The van der Waals surface area contributed by atoms with Crippen molar-refractivity contribution in [2.24, 2.45) is 0 Å². The molecule has 0 aromatic heterocycles. The van der Waals surface area contributed by atoms with Gasteiger partial charge in [-0.15, -0.1) is 0 Å². The third-order valence-corrected chi connectivity index (χ3v) is 4.87. The summed E-state index contributed by atoms with van der Waals surface area (Å²) in [6.07, 6.45) is 0. The minimum atomic E-state index is -0.759. The molecule has 2 aliphatic heterocycles. The largest absolute Gasteiger partial charge is 0.449 e. The molecule has 2 aromatic rings. The average molecular weight is 399 g/mol. The maximum atomic E-state index is 13.1. The molecule has 152 valence electrons. The molecule has 7 nitrogen and oxygen atoms in total. The molecule has 1 fully saturated rings. The highest BCUT2D eigenvalue weighted by molar-refractivity contribution is 6.39. The summed E-state index contributed by atoms with van der Waals surface area (Å²) < 4.78 is 24.3. The molecule has 2 aliphatic rings. The lowest BCUT2D eigenvalue weighted by molar-refractivity contribution is -0.143. The van der Waals surface area contributed by atoms with Gasteiger partial charge in [0.25, 0.3) is 0 Å². The van der Waals surface area contributed by atoms with Crippen molar-refractivity contribution in [3.05, 3.63) is 48.3 Å². The zero-order chi connectivity index (χ0) is 20.6. The molecule has 8 heteroatoms. The Morgan fingerprint density at radius 1 is 0.966 bits per heavy atom. The minimum Gasteiger partial charge on any atom is -0.449 e. The van der Waals surface area contributed by atoms with Crippen molar-refractivity contribution < 1.29 is 23.5 Å². The van der Waals surface area contributed by atoms with Crippen molar-refractivity contribution in [2.45, 2.75) is 19.6 Å². The predicted molar refractivity (Wildman–Crippen MR) is 106 cm³/mol. The Balaban J connectivity index is 1.34. The fourth-order valence-corrected chi connectivity index (χ4v) is 3.45. The van der Waals surface area contributed by atoms with Gasteiger partial charge < -0.3 is 24.6 Å². The van der Waals surface area contributed by atoms with Gasteiger partial charge in [0, 0.05) is 57.5 Å². The second-order valence-electron chi connectivity index (χ2n) is 7.48. The number of rotatable bonds is 2. The van der Waals surface area contributed by atoms with Crippen LogP contribution >= 0.6 is 0 Å². The number of hydrogen-bond donors (Lipinski definition) is 1. The number of benzene rings is 2. The summed E-state index contributed by atoms with van der Waals surface area (Å²) in [6, 6.07) is 11.2. The Kier molecular flexibility index (Phi) is 4.77. The van der Waals surface area contributed by atoms with E-state index < -0.39 is 17.6 Å². The lowest BCUT2D eigenvalue weighted by Gasteiger charge is -2.35. The Labute approximate surface area is 168 Å². The van der Waals surface area contributed by atoms with Crippen LogP contribution in [0, 0.1) is 5.82 Å². The lowest BCUT2D eigenvalue weighted by atomic mass is 10.2. The summed E-state index contributed by atoms with van der Waals surface area (Å²) in [5.41, 5.74) is 1.36. The molecule has 29 heavy (non-hydrogen) atoms. The molecule has 0 spiro atoms. The summed E-state index contributed by atoms with van der Waals surface area (Å²) >= 11 is 0. The van der Waals surface area contributed by atoms with Gasteiger partial charge in [0.1, 0.15) is 5.82 Å². The molecule has 0 atom stereocenters. The topological polar surface area (TPSA) is 71.1 Å². The molecule has 4 rings (SSSR count). The van der Waals surface area contributed by atoms with Crippen LogP contribution in [0.5, 0.6) is 11.5 Å². The Bertz CT molecular complexity index is 937. The van der Waals surface area contributed by atoms with Gasteiger partial charge in [-0.25, -0.2) is 4.39 Å². The van der Waals surface area contributed by atoms with Crippen molar-refractivity contribution in [1.82, 2.24) is 4.90 Å². The van der Waals surface area contributed by atoms with Gasteiger partial charge in [-0.2, -0.15) is 0 Å². The van der Waals surface area contributed by atoms with E-state index in [1.54, 1.807) is 44.2 Å². The van der Waals surface area contributed by atoms with Crippen molar-refractivity contribution in [3.63, 3.8) is 0 Å². The second-order valence-corrected chi connectivity index (χ2v) is 7.48. The Hall–Kier alpha value is -3.29. The van der Waals surface area contributed by atoms with Gasteiger partial charge in [0.05, 0.1) is 0 Å². The number of fused-ring (bicyclic) bond motifs is 1. The van der Waals surface area contributed by atoms with Gasteiger partial charge in [0.2, 0.25) is 5.79 Å². The molecule has 2 amide bonds. The SMILES string of the molecule is CC1(C)Oc2ccc(NC(=O)C(=O)N3CCN(c4ccc(F)cc4)CC3)cc2O1. The standard InChI is InChI=1S/C21H22FN3O4/c1-21(2)28-17-8-5-15(13-18(17)29-21)23-19(26)20(27)25-11-9-24(10-12-25)16-6-3-14(22)4-7-16/h3-8,13H,9-12H2,1-2H3,(H,23,26). The zero-order valence-corrected chi connectivity index (χ0v) is 16.3. The van der Waals surface area contributed by atoms with E-state index in [0.717, 1.165) is 5.69 Å². The molecule has 2 aromatic carbocycles. The first kappa shape index (κ1) is 19.0. The van der Waals surface area contributed by atoms with Crippen LogP contribution < -0.4 is 19.7 Å². The molecule has 1 saturated heterocycles. The Morgan fingerprint density at radius 2 is 1.62 bits per heavy atom. The van der Waals surface area contributed by atoms with Crippen molar-refractivity contribution in [3.8, 4) is 11.5 Å². The van der Waals surface area contributed by atoms with E-state index in [1.807, 2.05) is 0 Å². The van der Waals surface area contributed by atoms with Gasteiger partial charge in [-0.1, -0.05) is 0 Å². The van der Waals surface area contributed by atoms with E-state index in [9.17, 15) is 14.0 Å². The van der Waals surface area contributed by atoms with Gasteiger partial charge in [0.15, 0.2) is 11.5 Å². The number of ether oxygens (including phenoxy) is 2. The number of nitrogens with one attached hydrogen (secondary N) is 1. The van der Waals surface area contributed by atoms with E-state index in [1.165, 1.54) is 17.0 Å². The average Bonchev–Trinajstić information content (AvgIpc) is 3.01. The molecule has 0 unspecified atom stereocenters. The van der Waals surface area contributed by atoms with E-state index in [4.69, 9.17) is 9.47 Å². The minimum absolute atomic E-state index is 0.286. The summed E-state index contributed by atoms with van der Waals surface area (Å²) in [7, 11) is 0. The van der Waals surface area contributed by atoms with E-state index in [0.29, 0.717) is 43.4 Å². The fraction of sp³-hybridized carbons (Fsp3) is 0.333. The lowest BCUT2D eigenvalue weighted by Crippen LogP contribution is -2.51. The molecule has 0 bridgehead atoms. The first-order valence-electron chi connectivity index (χ1n) is 9.44.